The Morgan fingerprint density at radius 2 is 2.08 bits per heavy atom. The number of fused-ring (bicyclic) bond motifs is 1. The lowest BCUT2D eigenvalue weighted by molar-refractivity contribution is 0.413. The summed E-state index contributed by atoms with van der Waals surface area (Å²) >= 11 is 0. The summed E-state index contributed by atoms with van der Waals surface area (Å²) in [4.78, 5) is 12.8. The molecule has 0 bridgehead atoms. The number of para-hydroxylation sites is 1. The van der Waals surface area contributed by atoms with Gasteiger partial charge in [-0.05, 0) is 18.2 Å². The molecule has 0 aliphatic heterocycles. The number of nitrogens with one attached hydrogen (secondary N) is 1. The Morgan fingerprint density at radius 3 is 2.92 bits per heavy atom. The molecule has 2 heterocycles. The Kier molecular flexibility index (Phi) is 3.75. The van der Waals surface area contributed by atoms with Crippen LogP contribution in [0.4, 0.5) is 15.9 Å². The first-order valence-electron chi connectivity index (χ1n) is 7.75. The number of aromatic nitrogens is 3. The minimum atomic E-state index is -1.03. The van der Waals surface area contributed by atoms with E-state index in [1.165, 1.54) is 6.33 Å². The maximum absolute atomic E-state index is 14.3. The van der Waals surface area contributed by atoms with Crippen molar-refractivity contribution in [1.82, 2.24) is 15.0 Å². The lowest BCUT2D eigenvalue weighted by atomic mass is 9.98. The van der Waals surface area contributed by atoms with Crippen LogP contribution in [0, 0.1) is 0 Å². The molecule has 1 N–H and O–H groups in total. The molecule has 0 radical (unpaired) electrons. The molecule has 4 nitrogen and oxygen atoms in total. The molecule has 1 aliphatic rings. The van der Waals surface area contributed by atoms with Gasteiger partial charge in [-0.1, -0.05) is 36.4 Å². The number of halogens is 1. The fraction of sp³-hybridized carbons (Fsp3) is 0.105. The van der Waals surface area contributed by atoms with E-state index in [1.54, 1.807) is 18.3 Å². The summed E-state index contributed by atoms with van der Waals surface area (Å²) in [6.45, 7) is 0. The Bertz CT molecular complexity index is 935. The average Bonchev–Trinajstić information content (AvgIpc) is 2.63. The molecule has 0 saturated carbocycles. The molecule has 24 heavy (non-hydrogen) atoms. The quantitative estimate of drug-likeness (QED) is 0.775. The van der Waals surface area contributed by atoms with Crippen LogP contribution in [0.1, 0.15) is 12.1 Å². The summed E-state index contributed by atoms with van der Waals surface area (Å²) in [5.41, 5.74) is 2.90. The topological polar surface area (TPSA) is 50.7 Å². The fourth-order valence-electron chi connectivity index (χ4n) is 2.78. The van der Waals surface area contributed by atoms with Crippen LogP contribution in [-0.4, -0.2) is 21.1 Å². The van der Waals surface area contributed by atoms with Gasteiger partial charge < -0.3 is 5.32 Å². The van der Waals surface area contributed by atoms with Gasteiger partial charge in [0.15, 0.2) is 0 Å². The van der Waals surface area contributed by atoms with Gasteiger partial charge >= 0.3 is 0 Å². The van der Waals surface area contributed by atoms with Gasteiger partial charge in [0, 0.05) is 23.6 Å². The molecule has 4 rings (SSSR count). The molecule has 1 aliphatic carbocycles. The highest BCUT2D eigenvalue weighted by atomic mass is 19.1. The molecular formula is C19H15FN4. The summed E-state index contributed by atoms with van der Waals surface area (Å²) in [6.07, 6.45) is 8.00. The van der Waals surface area contributed by atoms with Crippen molar-refractivity contribution in [2.45, 2.75) is 12.6 Å². The monoisotopic (exact) mass is 318 g/mol. The number of rotatable bonds is 3. The van der Waals surface area contributed by atoms with Gasteiger partial charge in [0.1, 0.15) is 18.3 Å². The standard InChI is InChI=1S/C19H15FN4/c20-15-7-3-1-5-13(15)17-11-18(24-19-9-10-21-12-22-19)14-6-2-4-8-16(14)23-17/h1-6,8-12,15H,7H2,(H,21,22,23,24). The molecule has 0 spiro atoms. The molecule has 5 heteroatoms. The Hall–Kier alpha value is -3.08. The summed E-state index contributed by atoms with van der Waals surface area (Å²) in [7, 11) is 0. The first-order chi connectivity index (χ1) is 11.8. The minimum Gasteiger partial charge on any atom is -0.340 e. The van der Waals surface area contributed by atoms with Crippen LogP contribution in [0.5, 0.6) is 0 Å². The smallest absolute Gasteiger partial charge is 0.133 e. The zero-order chi connectivity index (χ0) is 16.4. The highest BCUT2D eigenvalue weighted by Crippen LogP contribution is 2.32. The van der Waals surface area contributed by atoms with Crippen LogP contribution in [0.25, 0.3) is 16.5 Å². The molecular weight excluding hydrogens is 303 g/mol. The fourth-order valence-corrected chi connectivity index (χ4v) is 2.78. The van der Waals surface area contributed by atoms with Gasteiger partial charge in [0.25, 0.3) is 0 Å². The molecule has 0 saturated heterocycles. The number of alkyl halides is 1. The maximum Gasteiger partial charge on any atom is 0.133 e. The van der Waals surface area contributed by atoms with Crippen molar-refractivity contribution in [1.29, 1.82) is 0 Å². The van der Waals surface area contributed by atoms with E-state index in [9.17, 15) is 4.39 Å². The second-order valence-electron chi connectivity index (χ2n) is 5.55. The van der Waals surface area contributed by atoms with Crippen LogP contribution in [0.3, 0.4) is 0 Å². The number of pyridine rings is 1. The highest BCUT2D eigenvalue weighted by molar-refractivity contribution is 5.94. The van der Waals surface area contributed by atoms with Crippen molar-refractivity contribution >= 4 is 28.0 Å². The van der Waals surface area contributed by atoms with Crippen LogP contribution in [-0.2, 0) is 0 Å². The van der Waals surface area contributed by atoms with E-state index in [0.717, 1.165) is 16.6 Å². The van der Waals surface area contributed by atoms with Crippen molar-refractivity contribution in [2.75, 3.05) is 5.32 Å². The average molecular weight is 318 g/mol. The third-order valence-corrected chi connectivity index (χ3v) is 3.95. The van der Waals surface area contributed by atoms with E-state index >= 15 is 0 Å². The van der Waals surface area contributed by atoms with Crippen molar-refractivity contribution in [3.05, 3.63) is 72.8 Å². The second-order valence-corrected chi connectivity index (χ2v) is 5.55. The van der Waals surface area contributed by atoms with Gasteiger partial charge in [0.05, 0.1) is 16.9 Å². The highest BCUT2D eigenvalue weighted by Gasteiger charge is 2.18. The molecule has 0 fully saturated rings. The van der Waals surface area contributed by atoms with Gasteiger partial charge in [-0.25, -0.2) is 19.3 Å². The summed E-state index contributed by atoms with van der Waals surface area (Å²) in [6, 6.07) is 11.5. The number of hydrogen-bond acceptors (Lipinski definition) is 4. The van der Waals surface area contributed by atoms with Crippen molar-refractivity contribution < 1.29 is 4.39 Å². The maximum atomic E-state index is 14.3. The lowest BCUT2D eigenvalue weighted by Crippen LogP contribution is -2.07. The molecule has 1 aromatic carbocycles. The van der Waals surface area contributed by atoms with E-state index in [2.05, 4.69) is 20.3 Å². The summed E-state index contributed by atoms with van der Waals surface area (Å²) < 4.78 is 14.3. The Balaban J connectivity index is 1.85. The number of anilines is 2. The van der Waals surface area contributed by atoms with Crippen LogP contribution in [0.15, 0.2) is 67.2 Å². The number of hydrogen-bond donors (Lipinski definition) is 1. The zero-order valence-electron chi connectivity index (χ0n) is 12.9. The van der Waals surface area contributed by atoms with Gasteiger partial charge in [0.2, 0.25) is 0 Å². The molecule has 118 valence electrons. The molecule has 0 amide bonds. The van der Waals surface area contributed by atoms with Crippen LogP contribution in [0.2, 0.25) is 0 Å². The first-order valence-corrected chi connectivity index (χ1v) is 7.75. The summed E-state index contributed by atoms with van der Waals surface area (Å²) in [5, 5.41) is 4.24. The third kappa shape index (κ3) is 2.76. The number of benzene rings is 1. The normalized spacial score (nSPS) is 16.9. The van der Waals surface area contributed by atoms with Crippen molar-refractivity contribution in [3.63, 3.8) is 0 Å². The molecule has 1 atom stereocenters. The predicted octanol–water partition coefficient (Wildman–Crippen LogP) is 4.45. The predicted molar refractivity (Wildman–Crippen MR) is 93.7 cm³/mol. The van der Waals surface area contributed by atoms with Gasteiger partial charge in [-0.3, -0.25) is 0 Å². The minimum absolute atomic E-state index is 0.384. The molecule has 3 aromatic rings. The van der Waals surface area contributed by atoms with E-state index in [-0.39, 0.29) is 0 Å². The second kappa shape index (κ2) is 6.20. The number of nitrogens with zero attached hydrogens (tertiary/aromatic N) is 3. The lowest BCUT2D eigenvalue weighted by Gasteiger charge is -2.16. The largest absolute Gasteiger partial charge is 0.340 e. The summed E-state index contributed by atoms with van der Waals surface area (Å²) in [5.74, 6) is 0.682. The van der Waals surface area contributed by atoms with E-state index in [0.29, 0.717) is 23.5 Å². The van der Waals surface area contributed by atoms with Crippen LogP contribution >= 0.6 is 0 Å². The third-order valence-electron chi connectivity index (χ3n) is 3.95. The van der Waals surface area contributed by atoms with Crippen molar-refractivity contribution in [2.24, 2.45) is 0 Å². The van der Waals surface area contributed by atoms with E-state index in [1.807, 2.05) is 42.5 Å². The molecule has 2 aromatic heterocycles. The van der Waals surface area contributed by atoms with Crippen molar-refractivity contribution in [3.8, 4) is 0 Å². The van der Waals surface area contributed by atoms with Gasteiger partial charge in [-0.15, -0.1) is 0 Å². The van der Waals surface area contributed by atoms with E-state index < -0.39 is 6.17 Å². The Morgan fingerprint density at radius 1 is 1.17 bits per heavy atom. The van der Waals surface area contributed by atoms with Gasteiger partial charge in [-0.2, -0.15) is 0 Å². The zero-order valence-corrected chi connectivity index (χ0v) is 12.9. The Labute approximate surface area is 138 Å². The van der Waals surface area contributed by atoms with E-state index in [4.69, 9.17) is 0 Å². The molecule has 1 unspecified atom stereocenters. The SMILES string of the molecule is FC1CC=CC=C1c1cc(Nc2ccncn2)c2ccccc2n1. The number of allylic oxidation sites excluding steroid dienone is 4. The first kappa shape index (κ1) is 14.5. The van der Waals surface area contributed by atoms with Crippen LogP contribution < -0.4 is 5.32 Å².